The first-order chi connectivity index (χ1) is 8.97. The maximum atomic E-state index is 12.4. The summed E-state index contributed by atoms with van der Waals surface area (Å²) in [5.41, 5.74) is 0. The molecule has 0 bridgehead atoms. The zero-order valence-corrected chi connectivity index (χ0v) is 15.7. The number of morpholine rings is 1. The molecule has 0 saturated carbocycles. The summed E-state index contributed by atoms with van der Waals surface area (Å²) >= 11 is -1.80. The quantitative estimate of drug-likeness (QED) is 0.539. The molecule has 0 amide bonds. The van der Waals surface area contributed by atoms with Crippen LogP contribution in [-0.4, -0.2) is 61.8 Å². The van der Waals surface area contributed by atoms with Crippen molar-refractivity contribution in [1.29, 1.82) is 0 Å². The van der Waals surface area contributed by atoms with Gasteiger partial charge in [-0.05, 0) is 0 Å². The normalized spacial score (nSPS) is 21.3. The zero-order valence-electron chi connectivity index (χ0n) is 12.7. The van der Waals surface area contributed by atoms with Gasteiger partial charge in [-0.15, -0.1) is 0 Å². The fraction of sp³-hybridized carbons (Fsp3) is 1.00. The molecule has 0 aliphatic carbocycles. The predicted octanol–water partition coefficient (Wildman–Crippen LogP) is 3.06. The van der Waals surface area contributed by atoms with E-state index in [-0.39, 0.29) is 0 Å². The molecule has 1 N–H and O–H groups in total. The molecule has 1 fully saturated rings. The second kappa shape index (κ2) is 8.18. The molecular weight excluding hydrogens is 322 g/mol. The molecule has 1 rings (SSSR count). The van der Waals surface area contributed by atoms with E-state index in [1.807, 2.05) is 0 Å². The van der Waals surface area contributed by atoms with Crippen LogP contribution >= 0.6 is 7.37 Å². The van der Waals surface area contributed by atoms with E-state index in [4.69, 9.17) is 4.74 Å². The van der Waals surface area contributed by atoms with Crippen LogP contribution in [0.4, 0.5) is 0 Å². The summed E-state index contributed by atoms with van der Waals surface area (Å²) in [5, 5.41) is 4.90. The van der Waals surface area contributed by atoms with E-state index in [0.29, 0.717) is 25.7 Å². The molecule has 1 heterocycles. The molecule has 0 aromatic rings. The minimum absolute atomic E-state index is 0.367. The Balaban J connectivity index is 2.46. The fourth-order valence-corrected chi connectivity index (χ4v) is 15.2. The van der Waals surface area contributed by atoms with Crippen LogP contribution in [0.2, 0.25) is 21.0 Å². The summed E-state index contributed by atoms with van der Waals surface area (Å²) in [4.78, 5) is 12.3. The van der Waals surface area contributed by atoms with Crippen LogP contribution in [0.5, 0.6) is 0 Å². The van der Waals surface area contributed by atoms with Gasteiger partial charge in [-0.25, -0.2) is 0 Å². The van der Waals surface area contributed by atoms with Gasteiger partial charge >= 0.3 is 120 Å². The van der Waals surface area contributed by atoms with E-state index < -0.39 is 20.6 Å². The van der Waals surface area contributed by atoms with E-state index in [1.54, 1.807) is 0 Å². The topological polar surface area (TPSA) is 49.8 Å². The van der Waals surface area contributed by atoms with Crippen LogP contribution in [0.15, 0.2) is 0 Å². The van der Waals surface area contributed by atoms with Crippen molar-refractivity contribution in [3.8, 4) is 0 Å². The van der Waals surface area contributed by atoms with Gasteiger partial charge in [-0.2, -0.15) is 0 Å². The molecule has 0 aromatic heterocycles. The molecule has 0 aromatic carbocycles. The molecule has 19 heavy (non-hydrogen) atoms. The van der Waals surface area contributed by atoms with Gasteiger partial charge in [0.15, 0.2) is 0 Å². The Bertz CT molecular complexity index is 296. The average molecular weight is 352 g/mol. The van der Waals surface area contributed by atoms with Crippen molar-refractivity contribution in [1.82, 2.24) is 4.90 Å². The van der Waals surface area contributed by atoms with E-state index in [0.717, 1.165) is 18.3 Å². The predicted molar refractivity (Wildman–Crippen MR) is 84.0 cm³/mol. The summed E-state index contributed by atoms with van der Waals surface area (Å²) in [7, 11) is -2.98. The molecule has 6 heteroatoms. The number of rotatable bonds is 8. The summed E-state index contributed by atoms with van der Waals surface area (Å²) in [5.74, 6) is 0. The zero-order chi connectivity index (χ0) is 14.4. The van der Waals surface area contributed by atoms with Crippen LogP contribution in [-0.2, 0) is 9.30 Å². The van der Waals surface area contributed by atoms with E-state index in [9.17, 15) is 9.46 Å². The molecule has 1 saturated heterocycles. The van der Waals surface area contributed by atoms with Crippen LogP contribution in [0.25, 0.3) is 0 Å². The molecular formula is C13H30GeNO3P. The van der Waals surface area contributed by atoms with Crippen molar-refractivity contribution >= 4 is 20.6 Å². The fourth-order valence-electron chi connectivity index (χ4n) is 2.82. The summed E-state index contributed by atoms with van der Waals surface area (Å²) in [6.07, 6.45) is 0.908. The molecule has 1 unspecified atom stereocenters. The Labute approximate surface area is 120 Å². The Morgan fingerprint density at radius 3 is 2.16 bits per heavy atom. The Morgan fingerprint density at radius 1 is 1.16 bits per heavy atom. The van der Waals surface area contributed by atoms with Gasteiger partial charge in [0.2, 0.25) is 0 Å². The van der Waals surface area contributed by atoms with E-state index in [1.165, 1.54) is 15.8 Å². The van der Waals surface area contributed by atoms with Crippen molar-refractivity contribution in [2.45, 2.75) is 41.8 Å². The summed E-state index contributed by atoms with van der Waals surface area (Å²) in [6.45, 7) is 9.81. The van der Waals surface area contributed by atoms with Crippen molar-refractivity contribution < 1.29 is 14.2 Å². The third-order valence-corrected chi connectivity index (χ3v) is 19.6. The van der Waals surface area contributed by atoms with E-state index >= 15 is 0 Å². The monoisotopic (exact) mass is 353 g/mol. The van der Waals surface area contributed by atoms with Crippen LogP contribution in [0.3, 0.4) is 0 Å². The molecule has 1 atom stereocenters. The molecule has 1 aliphatic rings. The Kier molecular flexibility index (Phi) is 7.62. The van der Waals surface area contributed by atoms with Crippen molar-refractivity contribution in [3.05, 3.63) is 0 Å². The maximum absolute atomic E-state index is 12.4. The van der Waals surface area contributed by atoms with Crippen molar-refractivity contribution in [3.63, 3.8) is 0 Å². The van der Waals surface area contributed by atoms with Gasteiger partial charge in [-0.1, -0.05) is 0 Å². The molecule has 1 aliphatic heterocycles. The van der Waals surface area contributed by atoms with Gasteiger partial charge in [0.25, 0.3) is 0 Å². The second-order valence-corrected chi connectivity index (χ2v) is 20.0. The number of ether oxygens (including phenoxy) is 1. The second-order valence-electron chi connectivity index (χ2n) is 5.75. The van der Waals surface area contributed by atoms with Crippen LogP contribution in [0.1, 0.15) is 20.8 Å². The SMILES string of the molecule is C[CH2][Ge]([CH2]C)([CH2]C)[CH2]CP(=O)(O)CN1CCOCC1. The average Bonchev–Trinajstić information content (AvgIpc) is 2.41. The molecule has 114 valence electrons. The summed E-state index contributed by atoms with van der Waals surface area (Å²) in [6, 6.07) is 0. The standard InChI is InChI=1S/C13H30GeNO3P/c1-4-14(5-2,6-3)7-12-19(16,17)13-15-8-10-18-11-9-15/h4-13H2,1-3H3,(H,16,17). The first-order valence-corrected chi connectivity index (χ1v) is 15.5. The first-order valence-electron chi connectivity index (χ1n) is 7.58. The van der Waals surface area contributed by atoms with Gasteiger partial charge in [0.05, 0.1) is 0 Å². The van der Waals surface area contributed by atoms with Gasteiger partial charge in [-0.3, -0.25) is 0 Å². The Morgan fingerprint density at radius 2 is 1.68 bits per heavy atom. The number of hydrogen-bond acceptors (Lipinski definition) is 3. The molecule has 4 nitrogen and oxygen atoms in total. The third kappa shape index (κ3) is 5.88. The van der Waals surface area contributed by atoms with Gasteiger partial charge in [0.1, 0.15) is 0 Å². The summed E-state index contributed by atoms with van der Waals surface area (Å²) < 4.78 is 17.7. The van der Waals surface area contributed by atoms with Gasteiger partial charge < -0.3 is 0 Å². The third-order valence-electron chi connectivity index (χ3n) is 4.77. The van der Waals surface area contributed by atoms with Crippen LogP contribution in [0, 0.1) is 0 Å². The van der Waals surface area contributed by atoms with Gasteiger partial charge in [0, 0.05) is 0 Å². The minimum atomic E-state index is -2.98. The molecule has 0 radical (unpaired) electrons. The molecule has 0 spiro atoms. The van der Waals surface area contributed by atoms with Crippen LogP contribution < -0.4 is 0 Å². The Hall–Kier alpha value is 0.653. The number of nitrogens with zero attached hydrogens (tertiary/aromatic N) is 1. The van der Waals surface area contributed by atoms with Crippen molar-refractivity contribution in [2.75, 3.05) is 38.8 Å². The van der Waals surface area contributed by atoms with Crippen molar-refractivity contribution in [2.24, 2.45) is 0 Å². The van der Waals surface area contributed by atoms with E-state index in [2.05, 4.69) is 25.7 Å². The first kappa shape index (κ1) is 17.7. The number of hydrogen-bond donors (Lipinski definition) is 1.